The molecule has 0 bridgehead atoms. The zero-order valence-corrected chi connectivity index (χ0v) is 15.3. The van der Waals surface area contributed by atoms with Gasteiger partial charge in [0.2, 0.25) is 10.0 Å². The lowest BCUT2D eigenvalue weighted by Gasteiger charge is -2.17. The van der Waals surface area contributed by atoms with Gasteiger partial charge in [0, 0.05) is 23.3 Å². The second-order valence-electron chi connectivity index (χ2n) is 6.23. The molecule has 1 aromatic heterocycles. The Kier molecular flexibility index (Phi) is 4.77. The van der Waals surface area contributed by atoms with Crippen molar-refractivity contribution in [2.45, 2.75) is 11.4 Å². The van der Waals surface area contributed by atoms with Gasteiger partial charge in [0.05, 0.1) is 10.4 Å². The number of hydrogen-bond acceptors (Lipinski definition) is 7. The molecular weight excluding hydrogens is 352 g/mol. The molecule has 0 saturated heterocycles. The number of primary sulfonamides is 1. The van der Waals surface area contributed by atoms with Crippen LogP contribution in [0.25, 0.3) is 10.9 Å². The highest BCUT2D eigenvalue weighted by atomic mass is 32.2. The first-order chi connectivity index (χ1) is 12.2. The number of anilines is 3. The fraction of sp³-hybridized carbons (Fsp3) is 0.176. The van der Waals surface area contributed by atoms with Gasteiger partial charge in [0.15, 0.2) is 0 Å². The highest BCUT2D eigenvalue weighted by Gasteiger charge is 2.14. The Morgan fingerprint density at radius 3 is 2.58 bits per heavy atom. The molecule has 0 saturated carbocycles. The van der Waals surface area contributed by atoms with E-state index in [4.69, 9.17) is 10.9 Å². The van der Waals surface area contributed by atoms with Gasteiger partial charge in [-0.25, -0.2) is 23.5 Å². The Labute approximate surface area is 151 Å². The SMILES string of the molecule is CN(C)Cc1ccc(S(N)(=O)=O)cc1Nc1ncnc2cc(N)ccc12. The van der Waals surface area contributed by atoms with Crippen molar-refractivity contribution in [2.24, 2.45) is 5.14 Å². The molecule has 0 radical (unpaired) electrons. The zero-order chi connectivity index (χ0) is 18.9. The van der Waals surface area contributed by atoms with Gasteiger partial charge >= 0.3 is 0 Å². The fourth-order valence-corrected chi connectivity index (χ4v) is 3.17. The van der Waals surface area contributed by atoms with E-state index in [1.54, 1.807) is 18.2 Å². The van der Waals surface area contributed by atoms with E-state index in [2.05, 4.69) is 15.3 Å². The van der Waals surface area contributed by atoms with Gasteiger partial charge in [-0.05, 0) is 50.0 Å². The molecule has 0 atom stereocenters. The molecule has 8 nitrogen and oxygen atoms in total. The van der Waals surface area contributed by atoms with Crippen molar-refractivity contribution in [2.75, 3.05) is 25.1 Å². The predicted molar refractivity (Wildman–Crippen MR) is 102 cm³/mol. The maximum absolute atomic E-state index is 11.7. The van der Waals surface area contributed by atoms with E-state index in [0.717, 1.165) is 10.9 Å². The van der Waals surface area contributed by atoms with E-state index in [-0.39, 0.29) is 4.90 Å². The molecule has 0 amide bonds. The third-order valence-corrected chi connectivity index (χ3v) is 4.72. The molecule has 0 aliphatic carbocycles. The van der Waals surface area contributed by atoms with E-state index in [1.165, 1.54) is 18.5 Å². The number of nitrogens with two attached hydrogens (primary N) is 2. The number of rotatable bonds is 5. The van der Waals surface area contributed by atoms with E-state index in [9.17, 15) is 8.42 Å². The van der Waals surface area contributed by atoms with Crippen LogP contribution < -0.4 is 16.2 Å². The standard InChI is InChI=1S/C17H20N6O2S/c1-23(2)9-11-3-5-13(26(19,24)25)8-15(11)22-17-14-6-4-12(18)7-16(14)20-10-21-17/h3-8,10H,9,18H2,1-2H3,(H2,19,24,25)(H,20,21,22). The quantitative estimate of drug-likeness (QED) is 0.581. The van der Waals surface area contributed by atoms with Gasteiger partial charge in [0.1, 0.15) is 12.1 Å². The minimum atomic E-state index is -3.81. The molecule has 3 aromatic rings. The summed E-state index contributed by atoms with van der Waals surface area (Å²) in [6, 6.07) is 10.1. The summed E-state index contributed by atoms with van der Waals surface area (Å²) in [4.78, 5) is 10.5. The Bertz CT molecular complexity index is 1070. The Morgan fingerprint density at radius 1 is 1.12 bits per heavy atom. The summed E-state index contributed by atoms with van der Waals surface area (Å²) in [6.45, 7) is 0.614. The van der Waals surface area contributed by atoms with Crippen molar-refractivity contribution in [1.82, 2.24) is 14.9 Å². The first-order valence-corrected chi connectivity index (χ1v) is 9.36. The number of nitrogen functional groups attached to an aromatic ring is 1. The van der Waals surface area contributed by atoms with Crippen LogP contribution in [0.4, 0.5) is 17.2 Å². The van der Waals surface area contributed by atoms with Crippen molar-refractivity contribution in [3.05, 3.63) is 48.3 Å². The summed E-state index contributed by atoms with van der Waals surface area (Å²) < 4.78 is 23.4. The maximum Gasteiger partial charge on any atom is 0.238 e. The van der Waals surface area contributed by atoms with Crippen LogP contribution in [0.5, 0.6) is 0 Å². The van der Waals surface area contributed by atoms with Crippen molar-refractivity contribution in [3.8, 4) is 0 Å². The topological polar surface area (TPSA) is 127 Å². The molecule has 5 N–H and O–H groups in total. The van der Waals surface area contributed by atoms with Gasteiger partial charge in [-0.3, -0.25) is 0 Å². The number of hydrogen-bond donors (Lipinski definition) is 3. The largest absolute Gasteiger partial charge is 0.399 e. The molecule has 0 fully saturated rings. The first kappa shape index (κ1) is 18.1. The van der Waals surface area contributed by atoms with Crippen molar-refractivity contribution < 1.29 is 8.42 Å². The van der Waals surface area contributed by atoms with E-state index < -0.39 is 10.0 Å². The maximum atomic E-state index is 11.7. The highest BCUT2D eigenvalue weighted by Crippen LogP contribution is 2.28. The Balaban J connectivity index is 2.11. The van der Waals surface area contributed by atoms with Gasteiger partial charge < -0.3 is 16.0 Å². The molecule has 0 spiro atoms. The molecule has 26 heavy (non-hydrogen) atoms. The molecule has 0 aliphatic heterocycles. The van der Waals surface area contributed by atoms with Crippen LogP contribution in [0.1, 0.15) is 5.56 Å². The van der Waals surface area contributed by atoms with Crippen molar-refractivity contribution in [3.63, 3.8) is 0 Å². The van der Waals surface area contributed by atoms with Crippen LogP contribution in [0.3, 0.4) is 0 Å². The molecule has 0 unspecified atom stereocenters. The average Bonchev–Trinajstić information content (AvgIpc) is 2.55. The van der Waals surface area contributed by atoms with Gasteiger partial charge in [-0.1, -0.05) is 6.07 Å². The minimum absolute atomic E-state index is 0.0325. The van der Waals surface area contributed by atoms with Gasteiger partial charge in [-0.15, -0.1) is 0 Å². The number of benzene rings is 2. The van der Waals surface area contributed by atoms with Crippen LogP contribution in [0, 0.1) is 0 Å². The zero-order valence-electron chi connectivity index (χ0n) is 14.5. The van der Waals surface area contributed by atoms with E-state index in [0.29, 0.717) is 29.3 Å². The average molecular weight is 372 g/mol. The van der Waals surface area contributed by atoms with Gasteiger partial charge in [-0.2, -0.15) is 0 Å². The second kappa shape index (κ2) is 6.87. The smallest absolute Gasteiger partial charge is 0.238 e. The van der Waals surface area contributed by atoms with Crippen molar-refractivity contribution >= 4 is 38.1 Å². The lowest BCUT2D eigenvalue weighted by atomic mass is 10.1. The van der Waals surface area contributed by atoms with E-state index >= 15 is 0 Å². The second-order valence-corrected chi connectivity index (χ2v) is 7.79. The van der Waals surface area contributed by atoms with E-state index in [1.807, 2.05) is 25.1 Å². The predicted octanol–water partition coefficient (Wildman–Crippen LogP) is 1.66. The molecule has 2 aromatic carbocycles. The third-order valence-electron chi connectivity index (χ3n) is 3.81. The van der Waals surface area contributed by atoms with Crippen LogP contribution in [-0.2, 0) is 16.6 Å². The number of sulfonamides is 1. The molecule has 9 heteroatoms. The van der Waals surface area contributed by atoms with Crippen LogP contribution in [-0.4, -0.2) is 37.4 Å². The molecule has 0 aliphatic rings. The summed E-state index contributed by atoms with van der Waals surface area (Å²) in [7, 11) is 0.0477. The Morgan fingerprint density at radius 2 is 1.88 bits per heavy atom. The summed E-state index contributed by atoms with van der Waals surface area (Å²) in [5, 5.41) is 9.26. The summed E-state index contributed by atoms with van der Waals surface area (Å²) in [6.07, 6.45) is 1.43. The molecule has 136 valence electrons. The summed E-state index contributed by atoms with van der Waals surface area (Å²) >= 11 is 0. The summed E-state index contributed by atoms with van der Waals surface area (Å²) in [5.74, 6) is 0.557. The minimum Gasteiger partial charge on any atom is -0.399 e. The number of aromatic nitrogens is 2. The lowest BCUT2D eigenvalue weighted by Crippen LogP contribution is -2.15. The van der Waals surface area contributed by atoms with Crippen LogP contribution >= 0.6 is 0 Å². The number of nitrogens with one attached hydrogen (secondary N) is 1. The first-order valence-electron chi connectivity index (χ1n) is 7.82. The highest BCUT2D eigenvalue weighted by molar-refractivity contribution is 7.89. The number of fused-ring (bicyclic) bond motifs is 1. The molecular formula is C17H20N6O2S. The van der Waals surface area contributed by atoms with Gasteiger partial charge in [0.25, 0.3) is 0 Å². The monoisotopic (exact) mass is 372 g/mol. The molecule has 3 rings (SSSR count). The molecule has 1 heterocycles. The fourth-order valence-electron chi connectivity index (χ4n) is 2.63. The van der Waals surface area contributed by atoms with Crippen LogP contribution in [0.15, 0.2) is 47.6 Å². The van der Waals surface area contributed by atoms with Crippen molar-refractivity contribution in [1.29, 1.82) is 0 Å². The number of nitrogens with zero attached hydrogens (tertiary/aromatic N) is 3. The third kappa shape index (κ3) is 3.90. The Hall–Kier alpha value is -2.75. The lowest BCUT2D eigenvalue weighted by molar-refractivity contribution is 0.403. The normalized spacial score (nSPS) is 11.8. The van der Waals surface area contributed by atoms with Crippen LogP contribution in [0.2, 0.25) is 0 Å². The summed E-state index contributed by atoms with van der Waals surface area (Å²) in [5.41, 5.74) is 8.62.